The summed E-state index contributed by atoms with van der Waals surface area (Å²) >= 11 is 0. The molecule has 2 atom stereocenters. The zero-order chi connectivity index (χ0) is 14.5. The average Bonchev–Trinajstić information content (AvgIpc) is 2.09. The van der Waals surface area contributed by atoms with Gasteiger partial charge < -0.3 is 10.8 Å². The highest BCUT2D eigenvalue weighted by molar-refractivity contribution is 6.31. The molecule has 0 radical (unpaired) electrons. The van der Waals surface area contributed by atoms with Crippen LogP contribution in [-0.2, 0) is 9.59 Å². The fourth-order valence-corrected chi connectivity index (χ4v) is 5.54. The van der Waals surface area contributed by atoms with Crippen molar-refractivity contribution >= 4 is 11.8 Å². The van der Waals surface area contributed by atoms with Gasteiger partial charge in [0, 0.05) is 12.5 Å². The minimum atomic E-state index is -1.38. The van der Waals surface area contributed by atoms with Crippen molar-refractivity contribution in [3.05, 3.63) is 0 Å². The Bertz CT molecular complexity index is 355. The number of aliphatic carboxylic acids is 1. The minimum absolute atomic E-state index is 0.225. The molecule has 4 fully saturated rings. The lowest BCUT2D eigenvalue weighted by Gasteiger charge is -2.64. The number of ketones is 1. The van der Waals surface area contributed by atoms with Gasteiger partial charge >= 0.3 is 5.97 Å². The van der Waals surface area contributed by atoms with Crippen LogP contribution in [0.15, 0.2) is 0 Å². The van der Waals surface area contributed by atoms with Crippen LogP contribution in [0.25, 0.3) is 0 Å². The lowest BCUT2D eigenvalue weighted by atomic mass is 9.43. The average molecular weight is 267 g/mol. The van der Waals surface area contributed by atoms with Gasteiger partial charge in [-0.3, -0.25) is 4.79 Å². The first-order valence-electron chi connectivity index (χ1n) is 7.08. The smallest absolute Gasteiger partial charge is 0.371 e. The first-order valence-corrected chi connectivity index (χ1v) is 7.08. The molecule has 4 bridgehead atoms. The molecule has 4 rings (SSSR count). The van der Waals surface area contributed by atoms with Crippen LogP contribution in [0.2, 0.25) is 0 Å². The topological polar surface area (TPSA) is 80.4 Å². The molecule has 4 aliphatic carbocycles. The number of carbonyl (C=O) groups excluding carboxylic acids is 1. The monoisotopic (exact) mass is 267 g/mol. The van der Waals surface area contributed by atoms with Crippen LogP contribution in [0.5, 0.6) is 0 Å². The molecule has 4 nitrogen and oxygen atoms in total. The predicted molar refractivity (Wildman–Crippen MR) is 72.6 cm³/mol. The number of carboxylic acid groups (broad SMARTS) is 1. The molecule has 4 aliphatic rings. The van der Waals surface area contributed by atoms with Crippen molar-refractivity contribution in [2.45, 2.75) is 64.8 Å². The largest absolute Gasteiger partial charge is 0.476 e. The maximum atomic E-state index is 9.54. The Morgan fingerprint density at radius 3 is 1.74 bits per heavy atom. The maximum absolute atomic E-state index is 9.54. The lowest BCUT2D eigenvalue weighted by Crippen LogP contribution is -2.62. The number of carbonyl (C=O) groups is 2. The summed E-state index contributed by atoms with van der Waals surface area (Å²) in [7, 11) is 0. The SMILES string of the molecule is CC(=O)C(=O)O.CC12CC3CC(C)(C1)CC(N)(C3)C2. The van der Waals surface area contributed by atoms with Gasteiger partial charge in [-0.2, -0.15) is 0 Å². The Morgan fingerprint density at radius 2 is 1.47 bits per heavy atom. The van der Waals surface area contributed by atoms with E-state index in [9.17, 15) is 9.59 Å². The number of rotatable bonds is 1. The van der Waals surface area contributed by atoms with Gasteiger partial charge in [-0.05, 0) is 55.3 Å². The number of hydrogen-bond donors (Lipinski definition) is 2. The Balaban J connectivity index is 0.000000192. The number of Topliss-reactive ketones (excluding diaryl/α,β-unsaturated/α-hetero) is 1. The molecule has 0 saturated heterocycles. The van der Waals surface area contributed by atoms with Gasteiger partial charge in [-0.25, -0.2) is 4.79 Å². The van der Waals surface area contributed by atoms with Crippen LogP contribution in [0.4, 0.5) is 0 Å². The Kier molecular flexibility index (Phi) is 3.28. The minimum Gasteiger partial charge on any atom is -0.476 e. The molecule has 0 amide bonds. The summed E-state index contributed by atoms with van der Waals surface area (Å²) in [5.74, 6) is -1.25. The van der Waals surface area contributed by atoms with E-state index in [-0.39, 0.29) is 5.54 Å². The van der Waals surface area contributed by atoms with E-state index in [4.69, 9.17) is 10.8 Å². The van der Waals surface area contributed by atoms with Gasteiger partial charge in [0.2, 0.25) is 5.78 Å². The van der Waals surface area contributed by atoms with E-state index in [1.807, 2.05) is 0 Å². The molecule has 4 heteroatoms. The van der Waals surface area contributed by atoms with Crippen molar-refractivity contribution in [3.63, 3.8) is 0 Å². The summed E-state index contributed by atoms with van der Waals surface area (Å²) in [6, 6.07) is 0. The van der Waals surface area contributed by atoms with E-state index in [0.717, 1.165) is 12.8 Å². The Labute approximate surface area is 114 Å². The predicted octanol–water partition coefficient (Wildman–Crippen LogP) is 2.35. The summed E-state index contributed by atoms with van der Waals surface area (Å²) in [6.45, 7) is 5.94. The molecule has 0 aromatic heterocycles. The van der Waals surface area contributed by atoms with E-state index < -0.39 is 11.8 Å². The van der Waals surface area contributed by atoms with Crippen LogP contribution >= 0.6 is 0 Å². The molecule has 0 aromatic rings. The second-order valence-electron chi connectivity index (χ2n) is 7.85. The number of nitrogens with two attached hydrogens (primary N) is 1. The van der Waals surface area contributed by atoms with E-state index in [1.165, 1.54) is 38.5 Å². The Morgan fingerprint density at radius 1 is 1.05 bits per heavy atom. The fraction of sp³-hybridized carbons (Fsp3) is 0.867. The third-order valence-corrected chi connectivity index (χ3v) is 4.97. The summed E-state index contributed by atoms with van der Waals surface area (Å²) in [6.07, 6.45) is 8.27. The summed E-state index contributed by atoms with van der Waals surface area (Å²) in [5.41, 5.74) is 7.92. The van der Waals surface area contributed by atoms with Crippen molar-refractivity contribution < 1.29 is 14.7 Å². The van der Waals surface area contributed by atoms with E-state index >= 15 is 0 Å². The highest BCUT2D eigenvalue weighted by Crippen LogP contribution is 2.65. The van der Waals surface area contributed by atoms with Crippen molar-refractivity contribution in [2.24, 2.45) is 22.5 Å². The van der Waals surface area contributed by atoms with E-state index in [1.54, 1.807) is 0 Å². The summed E-state index contributed by atoms with van der Waals surface area (Å²) in [4.78, 5) is 18.9. The quantitative estimate of drug-likeness (QED) is 0.715. The third kappa shape index (κ3) is 2.99. The molecule has 0 heterocycles. The Hall–Kier alpha value is -0.900. The van der Waals surface area contributed by atoms with Crippen LogP contribution < -0.4 is 5.73 Å². The van der Waals surface area contributed by atoms with Gasteiger partial charge in [0.1, 0.15) is 0 Å². The fourth-order valence-electron chi connectivity index (χ4n) is 5.54. The molecular weight excluding hydrogens is 242 g/mol. The molecule has 0 aromatic carbocycles. The van der Waals surface area contributed by atoms with Crippen LogP contribution in [0, 0.1) is 16.7 Å². The standard InChI is InChI=1S/C12H21N.C3H4O3/c1-10-3-9-4-11(2,6-10)8-12(13,5-9)7-10;1-2(4)3(5)6/h9H,3-8,13H2,1-2H3;1H3,(H,5,6). The van der Waals surface area contributed by atoms with Crippen LogP contribution in [-0.4, -0.2) is 22.4 Å². The zero-order valence-electron chi connectivity index (χ0n) is 12.2. The maximum Gasteiger partial charge on any atom is 0.371 e. The normalized spacial score (nSPS) is 46.4. The second kappa shape index (κ2) is 4.30. The first kappa shape index (κ1) is 14.5. The van der Waals surface area contributed by atoms with Crippen molar-refractivity contribution in [1.29, 1.82) is 0 Å². The van der Waals surface area contributed by atoms with Gasteiger partial charge in [0.05, 0.1) is 0 Å². The number of carboxylic acids is 1. The van der Waals surface area contributed by atoms with Gasteiger partial charge in [0.15, 0.2) is 0 Å². The second-order valence-corrected chi connectivity index (χ2v) is 7.85. The molecule has 2 unspecified atom stereocenters. The zero-order valence-corrected chi connectivity index (χ0v) is 12.2. The van der Waals surface area contributed by atoms with E-state index in [2.05, 4.69) is 13.8 Å². The molecule has 0 spiro atoms. The van der Waals surface area contributed by atoms with Crippen LogP contribution in [0.3, 0.4) is 0 Å². The molecule has 19 heavy (non-hydrogen) atoms. The highest BCUT2D eigenvalue weighted by atomic mass is 16.4. The van der Waals surface area contributed by atoms with Gasteiger partial charge in [-0.15, -0.1) is 0 Å². The highest BCUT2D eigenvalue weighted by Gasteiger charge is 2.58. The molecule has 3 N–H and O–H groups in total. The molecule has 4 saturated carbocycles. The van der Waals surface area contributed by atoms with Crippen LogP contribution in [0.1, 0.15) is 59.3 Å². The van der Waals surface area contributed by atoms with Crippen molar-refractivity contribution in [3.8, 4) is 0 Å². The third-order valence-electron chi connectivity index (χ3n) is 4.97. The lowest BCUT2D eigenvalue weighted by molar-refractivity contribution is -0.148. The van der Waals surface area contributed by atoms with E-state index in [0.29, 0.717) is 10.8 Å². The molecule has 108 valence electrons. The van der Waals surface area contributed by atoms with Gasteiger partial charge in [0.25, 0.3) is 0 Å². The van der Waals surface area contributed by atoms with Crippen molar-refractivity contribution in [2.75, 3.05) is 0 Å². The summed E-state index contributed by atoms with van der Waals surface area (Å²) < 4.78 is 0. The van der Waals surface area contributed by atoms with Crippen molar-refractivity contribution in [1.82, 2.24) is 0 Å². The molecular formula is C15H25NO3. The van der Waals surface area contributed by atoms with Gasteiger partial charge in [-0.1, -0.05) is 13.8 Å². The molecule has 0 aliphatic heterocycles. The number of hydrogen-bond acceptors (Lipinski definition) is 3. The first-order chi connectivity index (χ1) is 8.55. The summed E-state index contributed by atoms with van der Waals surface area (Å²) in [5, 5.41) is 7.64.